The first-order valence-corrected chi connectivity index (χ1v) is 9.05. The first-order chi connectivity index (χ1) is 13.5. The largest absolute Gasteiger partial charge is 0.337 e. The summed E-state index contributed by atoms with van der Waals surface area (Å²) in [6, 6.07) is 3.05. The summed E-state index contributed by atoms with van der Waals surface area (Å²) in [6.45, 7) is 3.46. The summed E-state index contributed by atoms with van der Waals surface area (Å²) in [4.78, 5) is 24.1. The van der Waals surface area contributed by atoms with Gasteiger partial charge in [0.1, 0.15) is 0 Å². The van der Waals surface area contributed by atoms with Crippen molar-refractivity contribution < 1.29 is 18.4 Å². The van der Waals surface area contributed by atoms with Crippen LogP contribution in [0.3, 0.4) is 0 Å². The lowest BCUT2D eigenvalue weighted by Crippen LogP contribution is -2.45. The van der Waals surface area contributed by atoms with E-state index in [1.54, 1.807) is 5.01 Å². The van der Waals surface area contributed by atoms with Crippen LogP contribution in [-0.2, 0) is 24.3 Å². The van der Waals surface area contributed by atoms with Crippen molar-refractivity contribution in [1.82, 2.24) is 25.9 Å². The van der Waals surface area contributed by atoms with Crippen LogP contribution < -0.4 is 16.1 Å². The lowest BCUT2D eigenvalue weighted by atomic mass is 10.1. The summed E-state index contributed by atoms with van der Waals surface area (Å²) in [6.07, 6.45) is 1.79. The fourth-order valence-electron chi connectivity index (χ4n) is 2.90. The van der Waals surface area contributed by atoms with E-state index in [-0.39, 0.29) is 12.5 Å². The molecule has 3 rings (SSSR count). The Morgan fingerprint density at radius 3 is 2.82 bits per heavy atom. The van der Waals surface area contributed by atoms with E-state index in [2.05, 4.69) is 26.3 Å². The number of hydrazine groups is 1. The van der Waals surface area contributed by atoms with Crippen LogP contribution in [0, 0.1) is 11.6 Å². The minimum Gasteiger partial charge on any atom is -0.337 e. The van der Waals surface area contributed by atoms with Gasteiger partial charge in [-0.3, -0.25) is 15.3 Å². The van der Waals surface area contributed by atoms with E-state index in [1.165, 1.54) is 6.07 Å². The Morgan fingerprint density at radius 1 is 1.25 bits per heavy atom. The van der Waals surface area contributed by atoms with Gasteiger partial charge < -0.3 is 10.6 Å². The Hall–Kier alpha value is -3.01. The number of amides is 3. The second kappa shape index (κ2) is 8.79. The van der Waals surface area contributed by atoms with Crippen molar-refractivity contribution in [2.75, 3.05) is 11.9 Å². The number of aromatic amines is 1. The molecule has 0 fully saturated rings. The molecule has 0 saturated heterocycles. The molecule has 150 valence electrons. The molecule has 0 unspecified atom stereocenters. The van der Waals surface area contributed by atoms with Gasteiger partial charge in [-0.15, -0.1) is 0 Å². The number of carbonyl (C=O) groups excluding carboxylic acids is 2. The predicted octanol–water partition coefficient (Wildman–Crippen LogP) is 2.20. The lowest BCUT2D eigenvalue weighted by Gasteiger charge is -2.17. The summed E-state index contributed by atoms with van der Waals surface area (Å²) < 4.78 is 26.2. The molecular weight excluding hydrogens is 370 g/mol. The number of halogens is 2. The number of hydrogen-bond donors (Lipinski definition) is 4. The molecule has 1 aliphatic heterocycles. The standard InChI is InChI=1S/C18H22F2N6O2/c1-2-3-6-21-18(28)25-26-9-12-15(10-26)23-24-17(12)22-16(27)8-11-4-5-13(19)14(20)7-11/h4-5,7H,2-3,6,8-10H2,1H3,(H2,21,25,28)(H2,22,23,24,27). The average molecular weight is 392 g/mol. The van der Waals surface area contributed by atoms with Crippen LogP contribution in [0.4, 0.5) is 19.4 Å². The van der Waals surface area contributed by atoms with Crippen LogP contribution in [0.15, 0.2) is 18.2 Å². The van der Waals surface area contributed by atoms with Gasteiger partial charge >= 0.3 is 6.03 Å². The first kappa shape index (κ1) is 19.7. The van der Waals surface area contributed by atoms with Gasteiger partial charge in [-0.1, -0.05) is 19.4 Å². The number of benzene rings is 1. The van der Waals surface area contributed by atoms with Crippen molar-refractivity contribution in [3.63, 3.8) is 0 Å². The molecule has 0 spiro atoms. The van der Waals surface area contributed by atoms with Crippen LogP contribution in [0.25, 0.3) is 0 Å². The maximum absolute atomic E-state index is 13.3. The number of urea groups is 1. The highest BCUT2D eigenvalue weighted by atomic mass is 19.2. The maximum atomic E-state index is 13.3. The van der Waals surface area contributed by atoms with E-state index >= 15 is 0 Å². The Bertz CT molecular complexity index is 870. The minimum absolute atomic E-state index is 0.110. The van der Waals surface area contributed by atoms with Gasteiger partial charge in [0.25, 0.3) is 0 Å². The molecule has 1 aliphatic rings. The number of nitrogens with one attached hydrogen (secondary N) is 4. The van der Waals surface area contributed by atoms with Crippen molar-refractivity contribution in [2.24, 2.45) is 0 Å². The lowest BCUT2D eigenvalue weighted by molar-refractivity contribution is -0.115. The average Bonchev–Trinajstić information content (AvgIpc) is 3.19. The Morgan fingerprint density at radius 2 is 2.07 bits per heavy atom. The molecule has 28 heavy (non-hydrogen) atoms. The predicted molar refractivity (Wildman–Crippen MR) is 98.0 cm³/mol. The molecule has 2 aromatic rings. The van der Waals surface area contributed by atoms with Crippen LogP contribution >= 0.6 is 0 Å². The number of carbonyl (C=O) groups is 2. The number of anilines is 1. The molecule has 1 aromatic heterocycles. The number of unbranched alkanes of at least 4 members (excludes halogenated alkanes) is 1. The molecular formula is C18H22F2N6O2. The molecule has 10 heteroatoms. The highest BCUT2D eigenvalue weighted by Crippen LogP contribution is 2.25. The van der Waals surface area contributed by atoms with Crippen LogP contribution in [0.2, 0.25) is 0 Å². The second-order valence-electron chi connectivity index (χ2n) is 6.58. The van der Waals surface area contributed by atoms with Gasteiger partial charge in [-0.05, 0) is 24.1 Å². The number of hydrogen-bond acceptors (Lipinski definition) is 4. The van der Waals surface area contributed by atoms with Crippen molar-refractivity contribution in [3.05, 3.63) is 46.7 Å². The van der Waals surface area contributed by atoms with Gasteiger partial charge in [0, 0.05) is 18.7 Å². The molecule has 4 N–H and O–H groups in total. The van der Waals surface area contributed by atoms with Gasteiger partial charge in [-0.2, -0.15) is 5.10 Å². The summed E-state index contributed by atoms with van der Waals surface area (Å²) in [5.41, 5.74) is 4.67. The van der Waals surface area contributed by atoms with Crippen LogP contribution in [-0.4, -0.2) is 33.7 Å². The molecule has 0 atom stereocenters. The quantitative estimate of drug-likeness (QED) is 0.543. The molecule has 0 aliphatic carbocycles. The number of fused-ring (bicyclic) bond motifs is 1. The zero-order chi connectivity index (χ0) is 20.1. The highest BCUT2D eigenvalue weighted by molar-refractivity contribution is 5.92. The SMILES string of the molecule is CCCCNC(=O)NN1Cc2[nH]nc(NC(=O)Cc3ccc(F)c(F)c3)c2C1. The van der Waals surface area contributed by atoms with E-state index in [1.807, 2.05) is 6.92 Å². The Labute approximate surface area is 160 Å². The van der Waals surface area contributed by atoms with Gasteiger partial charge in [0.05, 0.1) is 18.7 Å². The summed E-state index contributed by atoms with van der Waals surface area (Å²) in [5, 5.41) is 14.1. The van der Waals surface area contributed by atoms with Gasteiger partial charge in [0.15, 0.2) is 17.5 Å². The molecule has 8 nitrogen and oxygen atoms in total. The topological polar surface area (TPSA) is 102 Å². The minimum atomic E-state index is -0.995. The maximum Gasteiger partial charge on any atom is 0.329 e. The Balaban J connectivity index is 1.54. The third-order valence-corrected chi connectivity index (χ3v) is 4.33. The zero-order valence-electron chi connectivity index (χ0n) is 15.4. The van der Waals surface area contributed by atoms with Gasteiger partial charge in [-0.25, -0.2) is 18.6 Å². The van der Waals surface area contributed by atoms with Crippen LogP contribution in [0.1, 0.15) is 36.6 Å². The van der Waals surface area contributed by atoms with E-state index in [4.69, 9.17) is 0 Å². The van der Waals surface area contributed by atoms with E-state index in [0.29, 0.717) is 31.0 Å². The molecule has 2 heterocycles. The highest BCUT2D eigenvalue weighted by Gasteiger charge is 2.26. The van der Waals surface area contributed by atoms with Crippen molar-refractivity contribution in [2.45, 2.75) is 39.3 Å². The monoisotopic (exact) mass is 392 g/mol. The molecule has 1 aromatic carbocycles. The molecule has 3 amide bonds. The van der Waals surface area contributed by atoms with Crippen molar-refractivity contribution >= 4 is 17.8 Å². The molecule has 0 bridgehead atoms. The number of H-pyrrole nitrogens is 1. The summed E-state index contributed by atoms with van der Waals surface area (Å²) in [5.74, 6) is -1.99. The molecule has 0 radical (unpaired) electrons. The third kappa shape index (κ3) is 4.83. The zero-order valence-corrected chi connectivity index (χ0v) is 15.4. The van der Waals surface area contributed by atoms with Crippen molar-refractivity contribution in [1.29, 1.82) is 0 Å². The number of rotatable bonds is 7. The van der Waals surface area contributed by atoms with E-state index < -0.39 is 17.5 Å². The van der Waals surface area contributed by atoms with Gasteiger partial charge in [0.2, 0.25) is 5.91 Å². The Kier molecular flexibility index (Phi) is 6.19. The molecule has 0 saturated carbocycles. The fourth-order valence-corrected chi connectivity index (χ4v) is 2.90. The fraction of sp³-hybridized carbons (Fsp3) is 0.389. The number of aromatic nitrogens is 2. The normalized spacial score (nSPS) is 13.2. The second-order valence-corrected chi connectivity index (χ2v) is 6.58. The summed E-state index contributed by atoms with van der Waals surface area (Å²) in [7, 11) is 0. The summed E-state index contributed by atoms with van der Waals surface area (Å²) >= 11 is 0. The van der Waals surface area contributed by atoms with Crippen molar-refractivity contribution in [3.8, 4) is 0 Å². The van der Waals surface area contributed by atoms with Crippen LogP contribution in [0.5, 0.6) is 0 Å². The third-order valence-electron chi connectivity index (χ3n) is 4.33. The number of nitrogens with zero attached hydrogens (tertiary/aromatic N) is 2. The van der Waals surface area contributed by atoms with E-state index in [0.717, 1.165) is 36.2 Å². The first-order valence-electron chi connectivity index (χ1n) is 9.05. The van der Waals surface area contributed by atoms with E-state index in [9.17, 15) is 18.4 Å². The smallest absolute Gasteiger partial charge is 0.329 e.